The van der Waals surface area contributed by atoms with Crippen molar-refractivity contribution in [2.45, 2.75) is 14.4 Å². The number of oxazole rings is 1. The van der Waals surface area contributed by atoms with Crippen LogP contribution in [0.4, 0.5) is 0 Å². The number of aromatic nitrogens is 3. The summed E-state index contributed by atoms with van der Waals surface area (Å²) in [6.07, 6.45) is 3.76. The number of hydrogen-bond donors (Lipinski definition) is 0. The molecule has 0 N–H and O–H groups in total. The van der Waals surface area contributed by atoms with Crippen molar-refractivity contribution >= 4 is 34.9 Å². The Kier molecular flexibility index (Phi) is 4.39. The summed E-state index contributed by atoms with van der Waals surface area (Å²) < 4.78 is 7.66. The minimum atomic E-state index is 0.663. The topological polar surface area (TPSA) is 51.8 Å². The van der Waals surface area contributed by atoms with Crippen LogP contribution in [0.25, 0.3) is 11.3 Å². The third-order valence-corrected chi connectivity index (χ3v) is 5.51. The molecule has 0 spiro atoms. The summed E-state index contributed by atoms with van der Waals surface area (Å²) >= 11 is 4.79. The number of hydrogen-bond acceptors (Lipinski definition) is 7. The largest absolute Gasteiger partial charge is 0.440 e. The van der Waals surface area contributed by atoms with Gasteiger partial charge in [-0.2, -0.15) is 0 Å². The molecule has 0 aliphatic rings. The second-order valence-corrected chi connectivity index (χ2v) is 7.06. The fourth-order valence-corrected chi connectivity index (χ4v) is 3.87. The van der Waals surface area contributed by atoms with E-state index >= 15 is 0 Å². The molecular weight excluding hydrogens is 310 g/mol. The van der Waals surface area contributed by atoms with E-state index in [4.69, 9.17) is 4.42 Å². The Morgan fingerprint density at radius 3 is 2.70 bits per heavy atom. The quantitative estimate of drug-likeness (QED) is 0.656. The molecule has 0 aliphatic heterocycles. The summed E-state index contributed by atoms with van der Waals surface area (Å²) in [6.45, 7) is 0. The molecule has 0 saturated carbocycles. The second-order valence-electron chi connectivity index (χ2n) is 3.81. The molecule has 0 aliphatic carbocycles. The fourth-order valence-electron chi connectivity index (χ4n) is 1.57. The maximum absolute atomic E-state index is 5.74. The number of rotatable bonds is 5. The van der Waals surface area contributed by atoms with Crippen LogP contribution in [-0.2, 0) is 5.75 Å². The van der Waals surface area contributed by atoms with Crippen LogP contribution in [0.5, 0.6) is 0 Å². The molecule has 4 nitrogen and oxygen atoms in total. The van der Waals surface area contributed by atoms with Crippen molar-refractivity contribution in [1.82, 2.24) is 15.2 Å². The van der Waals surface area contributed by atoms with E-state index in [1.54, 1.807) is 41.1 Å². The van der Waals surface area contributed by atoms with Gasteiger partial charge in [0.25, 0.3) is 0 Å². The normalized spacial score (nSPS) is 10.8. The molecule has 0 bridgehead atoms. The van der Waals surface area contributed by atoms with E-state index < -0.39 is 0 Å². The SMILES string of the molecule is CSc1nnc(SCc2ncc(-c3ccccc3)o2)s1. The zero-order valence-electron chi connectivity index (χ0n) is 10.6. The molecule has 0 fully saturated rings. The number of benzene rings is 1. The van der Waals surface area contributed by atoms with Crippen LogP contribution in [0, 0.1) is 0 Å². The molecule has 2 aromatic heterocycles. The molecular formula is C13H11N3OS3. The smallest absolute Gasteiger partial charge is 0.205 e. The zero-order valence-corrected chi connectivity index (χ0v) is 13.1. The maximum Gasteiger partial charge on any atom is 0.205 e. The van der Waals surface area contributed by atoms with Crippen LogP contribution in [0.1, 0.15) is 5.89 Å². The first-order valence-electron chi connectivity index (χ1n) is 5.85. The summed E-state index contributed by atoms with van der Waals surface area (Å²) in [4.78, 5) is 4.30. The van der Waals surface area contributed by atoms with E-state index in [0.717, 1.165) is 20.0 Å². The van der Waals surface area contributed by atoms with E-state index in [-0.39, 0.29) is 0 Å². The van der Waals surface area contributed by atoms with E-state index in [9.17, 15) is 0 Å². The summed E-state index contributed by atoms with van der Waals surface area (Å²) in [6, 6.07) is 9.96. The van der Waals surface area contributed by atoms with Gasteiger partial charge in [-0.05, 0) is 6.26 Å². The lowest BCUT2D eigenvalue weighted by Crippen LogP contribution is -1.78. The molecule has 20 heavy (non-hydrogen) atoms. The maximum atomic E-state index is 5.74. The van der Waals surface area contributed by atoms with E-state index in [1.807, 2.05) is 36.6 Å². The molecule has 0 radical (unpaired) electrons. The highest BCUT2D eigenvalue weighted by molar-refractivity contribution is 8.02. The lowest BCUT2D eigenvalue weighted by atomic mass is 10.2. The highest BCUT2D eigenvalue weighted by Gasteiger charge is 2.09. The van der Waals surface area contributed by atoms with Gasteiger partial charge in [-0.1, -0.05) is 65.2 Å². The van der Waals surface area contributed by atoms with Gasteiger partial charge >= 0.3 is 0 Å². The zero-order chi connectivity index (χ0) is 13.8. The van der Waals surface area contributed by atoms with Crippen molar-refractivity contribution in [2.24, 2.45) is 0 Å². The van der Waals surface area contributed by atoms with Crippen molar-refractivity contribution < 1.29 is 4.42 Å². The van der Waals surface area contributed by atoms with Gasteiger partial charge in [0.05, 0.1) is 11.9 Å². The third kappa shape index (κ3) is 3.23. The number of thioether (sulfide) groups is 2. The predicted molar refractivity (Wildman–Crippen MR) is 83.2 cm³/mol. The molecule has 1 aromatic carbocycles. The first-order valence-corrected chi connectivity index (χ1v) is 8.88. The Bertz CT molecular complexity index is 681. The summed E-state index contributed by atoms with van der Waals surface area (Å²) in [5, 5.41) is 8.17. The molecule has 0 saturated heterocycles. The molecule has 3 rings (SSSR count). The van der Waals surface area contributed by atoms with Crippen molar-refractivity contribution in [3.8, 4) is 11.3 Å². The summed E-state index contributed by atoms with van der Waals surface area (Å²) in [5.74, 6) is 2.16. The third-order valence-electron chi connectivity index (χ3n) is 2.49. The number of nitrogens with zero attached hydrogens (tertiary/aromatic N) is 3. The minimum Gasteiger partial charge on any atom is -0.440 e. The molecule has 3 aromatic rings. The van der Waals surface area contributed by atoms with Gasteiger partial charge in [0, 0.05) is 5.56 Å². The van der Waals surface area contributed by atoms with Crippen molar-refractivity contribution in [3.63, 3.8) is 0 Å². The van der Waals surface area contributed by atoms with Gasteiger partial charge in [-0.15, -0.1) is 10.2 Å². The molecule has 0 amide bonds. The Balaban J connectivity index is 1.65. The van der Waals surface area contributed by atoms with Crippen LogP contribution < -0.4 is 0 Å². The van der Waals surface area contributed by atoms with Crippen molar-refractivity contribution in [1.29, 1.82) is 0 Å². The van der Waals surface area contributed by atoms with Gasteiger partial charge in [0.2, 0.25) is 5.89 Å². The highest BCUT2D eigenvalue weighted by Crippen LogP contribution is 2.30. The Morgan fingerprint density at radius 1 is 1.15 bits per heavy atom. The van der Waals surface area contributed by atoms with Gasteiger partial charge < -0.3 is 4.42 Å². The van der Waals surface area contributed by atoms with E-state index in [0.29, 0.717) is 11.6 Å². The first-order chi connectivity index (χ1) is 9.85. The summed E-state index contributed by atoms with van der Waals surface area (Å²) in [5.41, 5.74) is 1.04. The minimum absolute atomic E-state index is 0.663. The monoisotopic (exact) mass is 321 g/mol. The first kappa shape index (κ1) is 13.7. The predicted octanol–water partition coefficient (Wildman–Crippen LogP) is 4.21. The Morgan fingerprint density at radius 2 is 1.95 bits per heavy atom. The van der Waals surface area contributed by atoms with E-state index in [1.165, 1.54) is 0 Å². The van der Waals surface area contributed by atoms with Gasteiger partial charge in [-0.3, -0.25) is 0 Å². The van der Waals surface area contributed by atoms with Crippen LogP contribution in [0.3, 0.4) is 0 Å². The van der Waals surface area contributed by atoms with Gasteiger partial charge in [0.1, 0.15) is 0 Å². The molecule has 0 unspecified atom stereocenters. The van der Waals surface area contributed by atoms with Crippen LogP contribution in [0.2, 0.25) is 0 Å². The second kappa shape index (κ2) is 6.43. The average molecular weight is 321 g/mol. The van der Waals surface area contributed by atoms with Crippen LogP contribution in [-0.4, -0.2) is 21.4 Å². The van der Waals surface area contributed by atoms with E-state index in [2.05, 4.69) is 15.2 Å². The van der Waals surface area contributed by atoms with Gasteiger partial charge in [0.15, 0.2) is 14.4 Å². The molecule has 2 heterocycles. The average Bonchev–Trinajstić information content (AvgIpc) is 3.15. The molecule has 102 valence electrons. The van der Waals surface area contributed by atoms with Crippen molar-refractivity contribution in [3.05, 3.63) is 42.4 Å². The fraction of sp³-hybridized carbons (Fsp3) is 0.154. The van der Waals surface area contributed by atoms with Gasteiger partial charge in [-0.25, -0.2) is 4.98 Å². The molecule has 0 atom stereocenters. The highest BCUT2D eigenvalue weighted by atomic mass is 32.2. The standard InChI is InChI=1S/C13H11N3OS3/c1-18-12-15-16-13(20-12)19-8-11-14-7-10(17-11)9-5-3-2-4-6-9/h2-7H,8H2,1H3. The van der Waals surface area contributed by atoms with Crippen molar-refractivity contribution in [2.75, 3.05) is 6.26 Å². The lowest BCUT2D eigenvalue weighted by Gasteiger charge is -1.94. The molecule has 7 heteroatoms. The van der Waals surface area contributed by atoms with Crippen LogP contribution in [0.15, 0.2) is 49.6 Å². The summed E-state index contributed by atoms with van der Waals surface area (Å²) in [7, 11) is 0. The Labute approximate surface area is 129 Å². The Hall–Kier alpha value is -1.31. The lowest BCUT2D eigenvalue weighted by molar-refractivity contribution is 0.530. The van der Waals surface area contributed by atoms with Crippen LogP contribution >= 0.6 is 34.9 Å².